The highest BCUT2D eigenvalue weighted by Gasteiger charge is 2.29. The Bertz CT molecular complexity index is 1300. The van der Waals surface area contributed by atoms with Gasteiger partial charge in [-0.05, 0) is 55.7 Å². The fourth-order valence-corrected chi connectivity index (χ4v) is 5.30. The lowest BCUT2D eigenvalue weighted by Gasteiger charge is -2.08. The molecular weight excluding hydrogens is 498 g/mol. The maximum atomic E-state index is 12.9. The summed E-state index contributed by atoms with van der Waals surface area (Å²) < 4.78 is 4.89. The van der Waals surface area contributed by atoms with Crippen LogP contribution in [-0.4, -0.2) is 36.6 Å². The molecule has 3 amide bonds. The first-order chi connectivity index (χ1) is 17.4. The monoisotopic (exact) mass is 523 g/mol. The molecule has 1 saturated carbocycles. The third kappa shape index (κ3) is 6.32. The third-order valence-corrected chi connectivity index (χ3v) is 7.65. The summed E-state index contributed by atoms with van der Waals surface area (Å²) in [6.45, 7) is 1.65. The first-order valence-electron chi connectivity index (χ1n) is 11.3. The molecule has 1 aromatic heterocycles. The molecule has 1 aliphatic rings. The Labute approximate surface area is 216 Å². The minimum atomic E-state index is -0.635. The van der Waals surface area contributed by atoms with Gasteiger partial charge in [-0.2, -0.15) is 0 Å². The van der Waals surface area contributed by atoms with Crippen LogP contribution in [0.4, 0.5) is 16.4 Å². The molecule has 0 saturated heterocycles. The van der Waals surface area contributed by atoms with Gasteiger partial charge in [0.25, 0.3) is 5.91 Å². The van der Waals surface area contributed by atoms with Gasteiger partial charge in [0.05, 0.1) is 23.3 Å². The first kappa shape index (κ1) is 25.5. The van der Waals surface area contributed by atoms with Crippen molar-refractivity contribution in [2.24, 2.45) is 5.92 Å². The summed E-state index contributed by atoms with van der Waals surface area (Å²) in [4.78, 5) is 51.2. The first-order valence-corrected chi connectivity index (χ1v) is 13.1. The van der Waals surface area contributed by atoms with E-state index in [2.05, 4.69) is 16.0 Å². The van der Waals surface area contributed by atoms with Crippen molar-refractivity contribution in [2.75, 3.05) is 28.8 Å². The Morgan fingerprint density at radius 3 is 2.39 bits per heavy atom. The predicted molar refractivity (Wildman–Crippen MR) is 142 cm³/mol. The highest BCUT2D eigenvalue weighted by atomic mass is 32.2. The Kier molecular flexibility index (Phi) is 8.07. The van der Waals surface area contributed by atoms with Crippen LogP contribution in [0.1, 0.15) is 38.4 Å². The van der Waals surface area contributed by atoms with Crippen molar-refractivity contribution in [3.05, 3.63) is 70.6 Å². The summed E-state index contributed by atoms with van der Waals surface area (Å²) in [5, 5.41) is 8.71. The highest BCUT2D eigenvalue weighted by Crippen LogP contribution is 2.35. The number of rotatable bonds is 9. The van der Waals surface area contributed by atoms with Gasteiger partial charge < -0.3 is 20.7 Å². The van der Waals surface area contributed by atoms with E-state index in [-0.39, 0.29) is 40.0 Å². The van der Waals surface area contributed by atoms with Crippen LogP contribution < -0.4 is 16.0 Å². The second kappa shape index (κ2) is 11.4. The lowest BCUT2D eigenvalue weighted by atomic mass is 10.1. The van der Waals surface area contributed by atoms with E-state index in [9.17, 15) is 19.2 Å². The molecule has 1 fully saturated rings. The average molecular weight is 524 g/mol. The van der Waals surface area contributed by atoms with Gasteiger partial charge in [-0.25, -0.2) is 4.79 Å². The summed E-state index contributed by atoms with van der Waals surface area (Å²) in [7, 11) is 1.25. The maximum absolute atomic E-state index is 12.9. The van der Waals surface area contributed by atoms with Gasteiger partial charge in [-0.15, -0.1) is 23.1 Å². The molecule has 4 rings (SSSR count). The molecule has 0 aliphatic heterocycles. The van der Waals surface area contributed by atoms with Crippen LogP contribution in [0.25, 0.3) is 0 Å². The van der Waals surface area contributed by atoms with Crippen LogP contribution in [-0.2, 0) is 14.3 Å². The molecule has 8 nitrogen and oxygen atoms in total. The van der Waals surface area contributed by atoms with E-state index in [0.29, 0.717) is 21.8 Å². The summed E-state index contributed by atoms with van der Waals surface area (Å²) in [6, 6.07) is 16.3. The standard InChI is InChI=1S/C26H25N3O5S2/c1-15-21(26(33)34-2)25(36-22(15)24(32)27-17-7-4-3-5-8-17)29-20(30)14-35-19-10-6-9-18(13-19)28-23(31)16-11-12-16/h3-10,13,16H,11-12,14H2,1-2H3,(H,27,32)(H,28,31)(H,29,30). The van der Waals surface area contributed by atoms with E-state index in [0.717, 1.165) is 29.1 Å². The van der Waals surface area contributed by atoms with Crippen molar-refractivity contribution in [1.82, 2.24) is 0 Å². The summed E-state index contributed by atoms with van der Waals surface area (Å²) in [5.74, 6) is -1.16. The number of thioether (sulfide) groups is 1. The van der Waals surface area contributed by atoms with Crippen molar-refractivity contribution in [3.63, 3.8) is 0 Å². The number of anilines is 3. The molecule has 3 aromatic rings. The van der Waals surface area contributed by atoms with Crippen LogP contribution in [0.5, 0.6) is 0 Å². The van der Waals surface area contributed by atoms with Crippen molar-refractivity contribution < 1.29 is 23.9 Å². The molecule has 0 spiro atoms. The van der Waals surface area contributed by atoms with Crippen LogP contribution in [0.2, 0.25) is 0 Å². The molecule has 1 aliphatic carbocycles. The zero-order valence-electron chi connectivity index (χ0n) is 19.8. The molecule has 0 bridgehead atoms. The Morgan fingerprint density at radius 2 is 1.69 bits per heavy atom. The summed E-state index contributed by atoms with van der Waals surface area (Å²) >= 11 is 2.32. The number of hydrogen-bond acceptors (Lipinski definition) is 7. The van der Waals surface area contributed by atoms with Gasteiger partial charge in [0.1, 0.15) is 5.00 Å². The number of nitrogens with one attached hydrogen (secondary N) is 3. The number of hydrogen-bond donors (Lipinski definition) is 3. The number of benzene rings is 2. The molecule has 10 heteroatoms. The normalized spacial score (nSPS) is 12.5. The number of esters is 1. The quantitative estimate of drug-likeness (QED) is 0.263. The Balaban J connectivity index is 1.43. The van der Waals surface area contributed by atoms with Crippen LogP contribution in [0.15, 0.2) is 59.5 Å². The number of ether oxygens (including phenoxy) is 1. The number of para-hydroxylation sites is 1. The fraction of sp³-hybridized carbons (Fsp3) is 0.231. The highest BCUT2D eigenvalue weighted by molar-refractivity contribution is 8.00. The molecule has 2 aromatic carbocycles. The maximum Gasteiger partial charge on any atom is 0.341 e. The number of carbonyl (C=O) groups excluding carboxylic acids is 4. The third-order valence-electron chi connectivity index (χ3n) is 5.45. The van der Waals surface area contributed by atoms with Crippen molar-refractivity contribution in [1.29, 1.82) is 0 Å². The van der Waals surface area contributed by atoms with Crippen LogP contribution in [0.3, 0.4) is 0 Å². The molecule has 36 heavy (non-hydrogen) atoms. The Hall–Kier alpha value is -3.63. The topological polar surface area (TPSA) is 114 Å². The molecular formula is C26H25N3O5S2. The Morgan fingerprint density at radius 1 is 0.972 bits per heavy atom. The second-order valence-electron chi connectivity index (χ2n) is 8.20. The van der Waals surface area contributed by atoms with Crippen LogP contribution in [0, 0.1) is 12.8 Å². The van der Waals surface area contributed by atoms with Gasteiger partial charge >= 0.3 is 5.97 Å². The van der Waals surface area contributed by atoms with Crippen LogP contribution >= 0.6 is 23.1 Å². The lowest BCUT2D eigenvalue weighted by Crippen LogP contribution is -2.16. The van der Waals surface area contributed by atoms with Gasteiger partial charge in [0.2, 0.25) is 11.8 Å². The van der Waals surface area contributed by atoms with Crippen molar-refractivity contribution in [2.45, 2.75) is 24.7 Å². The van der Waals surface area contributed by atoms with Gasteiger partial charge in [-0.1, -0.05) is 24.3 Å². The number of amides is 3. The zero-order valence-corrected chi connectivity index (χ0v) is 21.4. The fourth-order valence-electron chi connectivity index (χ4n) is 3.44. The average Bonchev–Trinajstić information content (AvgIpc) is 3.67. The van der Waals surface area contributed by atoms with E-state index in [1.165, 1.54) is 18.9 Å². The predicted octanol–water partition coefficient (Wildman–Crippen LogP) is 5.17. The molecule has 3 N–H and O–H groups in total. The van der Waals surface area contributed by atoms with Gasteiger partial charge in [0, 0.05) is 22.2 Å². The van der Waals surface area contributed by atoms with E-state index >= 15 is 0 Å². The summed E-state index contributed by atoms with van der Waals surface area (Å²) in [5.41, 5.74) is 1.90. The van der Waals surface area contributed by atoms with Crippen molar-refractivity contribution >= 4 is 63.2 Å². The lowest BCUT2D eigenvalue weighted by molar-refractivity contribution is -0.117. The minimum Gasteiger partial charge on any atom is -0.465 e. The number of carbonyl (C=O) groups is 4. The number of thiophene rings is 1. The SMILES string of the molecule is COC(=O)c1c(NC(=O)CSc2cccc(NC(=O)C3CC3)c2)sc(C(=O)Nc2ccccc2)c1C. The molecule has 0 atom stereocenters. The van der Waals surface area contributed by atoms with E-state index in [4.69, 9.17) is 4.74 Å². The van der Waals surface area contributed by atoms with Gasteiger partial charge in [0.15, 0.2) is 0 Å². The largest absolute Gasteiger partial charge is 0.465 e. The number of methoxy groups -OCH3 is 1. The van der Waals surface area contributed by atoms with Gasteiger partial charge in [-0.3, -0.25) is 14.4 Å². The van der Waals surface area contributed by atoms with Crippen molar-refractivity contribution in [3.8, 4) is 0 Å². The molecule has 0 unspecified atom stereocenters. The zero-order chi connectivity index (χ0) is 25.7. The smallest absolute Gasteiger partial charge is 0.341 e. The summed E-state index contributed by atoms with van der Waals surface area (Å²) in [6.07, 6.45) is 1.84. The van der Waals surface area contributed by atoms with E-state index < -0.39 is 5.97 Å². The van der Waals surface area contributed by atoms with E-state index in [1.807, 2.05) is 30.3 Å². The molecule has 1 heterocycles. The molecule has 186 valence electrons. The minimum absolute atomic E-state index is 0.0189. The second-order valence-corrected chi connectivity index (χ2v) is 10.3. The van der Waals surface area contributed by atoms with E-state index in [1.54, 1.807) is 31.2 Å². The molecule has 0 radical (unpaired) electrons.